The van der Waals surface area contributed by atoms with Crippen LogP contribution in [-0.4, -0.2) is 41.5 Å². The maximum atomic E-state index is 4.19. The fourth-order valence-corrected chi connectivity index (χ4v) is 7.75. The molecule has 10 nitrogen and oxygen atoms in total. The van der Waals surface area contributed by atoms with Gasteiger partial charge in [0.25, 0.3) is 0 Å². The minimum atomic E-state index is 0. The molecular formula is C58H48N10Pt2-6. The Labute approximate surface area is 440 Å². The van der Waals surface area contributed by atoms with E-state index in [2.05, 4.69) is 176 Å². The smallest absolute Gasteiger partial charge is 0.0454 e. The van der Waals surface area contributed by atoms with Crippen molar-refractivity contribution >= 4 is 22.7 Å². The van der Waals surface area contributed by atoms with E-state index in [1.165, 1.54) is 34.2 Å². The van der Waals surface area contributed by atoms with Crippen molar-refractivity contribution < 1.29 is 42.1 Å². The Kier molecular flexibility index (Phi) is 18.2. The summed E-state index contributed by atoms with van der Waals surface area (Å²) in [5.74, 6) is 1.65. The first kappa shape index (κ1) is 50.5. The summed E-state index contributed by atoms with van der Waals surface area (Å²) >= 11 is 0. The Balaban J connectivity index is 0.000000140. The number of allylic oxidation sites excluding steroid dienone is 9. The number of aromatic nitrogens is 6. The van der Waals surface area contributed by atoms with Crippen LogP contribution in [0.15, 0.2) is 236 Å². The Morgan fingerprint density at radius 3 is 1.76 bits per heavy atom. The van der Waals surface area contributed by atoms with Crippen LogP contribution in [0.2, 0.25) is 0 Å². The summed E-state index contributed by atoms with van der Waals surface area (Å²) < 4.78 is 3.54. The van der Waals surface area contributed by atoms with E-state index in [0.29, 0.717) is 0 Å². The van der Waals surface area contributed by atoms with Gasteiger partial charge in [0, 0.05) is 87.8 Å². The summed E-state index contributed by atoms with van der Waals surface area (Å²) in [6.45, 7) is 6.15. The number of hydrogen-bond acceptors (Lipinski definition) is 8. The zero-order chi connectivity index (χ0) is 46.3. The third-order valence-corrected chi connectivity index (χ3v) is 11.0. The number of nitrogens with zero attached hydrogens (tertiary/aromatic N) is 10. The van der Waals surface area contributed by atoms with Gasteiger partial charge in [-0.05, 0) is 98.3 Å². The molecule has 356 valence electrons. The zero-order valence-corrected chi connectivity index (χ0v) is 43.0. The molecule has 0 amide bonds. The molecule has 0 unspecified atom stereocenters. The Morgan fingerprint density at radius 2 is 1.11 bits per heavy atom. The summed E-state index contributed by atoms with van der Waals surface area (Å²) in [6.07, 6.45) is 27.4. The van der Waals surface area contributed by atoms with Crippen LogP contribution < -0.4 is 14.7 Å². The van der Waals surface area contributed by atoms with E-state index in [4.69, 9.17) is 0 Å². The molecule has 6 aromatic carbocycles. The number of aryl methyl sites for hydroxylation is 1. The van der Waals surface area contributed by atoms with Crippen molar-refractivity contribution in [1.29, 1.82) is 0 Å². The second-order valence-corrected chi connectivity index (χ2v) is 15.6. The molecular weight excluding hydrogens is 1230 g/mol. The minimum Gasteiger partial charge on any atom is -0.504 e. The van der Waals surface area contributed by atoms with Crippen LogP contribution in [0.25, 0.3) is 22.8 Å². The molecule has 0 spiro atoms. The van der Waals surface area contributed by atoms with Crippen molar-refractivity contribution in [3.63, 3.8) is 0 Å². The van der Waals surface area contributed by atoms with Gasteiger partial charge in [0.05, 0.1) is 0 Å². The molecule has 4 aliphatic rings. The molecule has 70 heavy (non-hydrogen) atoms. The Morgan fingerprint density at radius 1 is 0.543 bits per heavy atom. The van der Waals surface area contributed by atoms with Crippen LogP contribution in [0.4, 0.5) is 22.7 Å². The molecule has 2 aliphatic heterocycles. The van der Waals surface area contributed by atoms with Gasteiger partial charge in [-0.25, -0.2) is 12.2 Å². The van der Waals surface area contributed by atoms with Crippen molar-refractivity contribution in [2.24, 2.45) is 0 Å². The van der Waals surface area contributed by atoms with Crippen LogP contribution in [0.1, 0.15) is 18.7 Å². The number of benzene rings is 6. The number of fused-ring (bicyclic) bond motifs is 1. The molecule has 0 saturated heterocycles. The number of para-hydroxylation sites is 6. The molecule has 12 heteroatoms. The molecule has 0 bridgehead atoms. The van der Waals surface area contributed by atoms with E-state index in [1.807, 2.05) is 134 Å². The largest absolute Gasteiger partial charge is 0.504 e. The molecule has 8 aromatic rings. The van der Waals surface area contributed by atoms with Crippen LogP contribution >= 0.6 is 0 Å². The van der Waals surface area contributed by atoms with Gasteiger partial charge in [-0.1, -0.05) is 134 Å². The summed E-state index contributed by atoms with van der Waals surface area (Å²) in [5.41, 5.74) is 11.3. The molecule has 0 saturated carbocycles. The van der Waals surface area contributed by atoms with Gasteiger partial charge in [0.1, 0.15) is 0 Å². The topological polar surface area (TPSA) is 74.4 Å². The molecule has 12 rings (SSSR count). The molecule has 0 atom stereocenters. The predicted molar refractivity (Wildman–Crippen MR) is 272 cm³/mol. The SMILES string of the molecule is CN1[CH-]N(c2[c-]cccc2)c2ccccc21.Cc1n[c-]nn1-c1ccccc1.[C-]1=CC=CC=C(N2[CH-]N(c3ccccc3)C3=C2C=CCC=C3)C1.[Pt].[Pt].[c-]1nc(-c2ccccc2)n(-c2ccccc2)n1. The molecule has 0 fully saturated rings. The van der Waals surface area contributed by atoms with E-state index in [0.717, 1.165) is 47.1 Å². The van der Waals surface area contributed by atoms with Gasteiger partial charge < -0.3 is 38.9 Å². The first-order chi connectivity index (χ1) is 33.6. The maximum absolute atomic E-state index is 4.19. The molecule has 2 aromatic heterocycles. The van der Waals surface area contributed by atoms with Crippen molar-refractivity contribution in [1.82, 2.24) is 34.4 Å². The fraction of sp³-hybridized carbons (Fsp3) is 0.0690. The predicted octanol–water partition coefficient (Wildman–Crippen LogP) is 12.2. The third-order valence-electron chi connectivity index (χ3n) is 11.0. The van der Waals surface area contributed by atoms with Gasteiger partial charge in [0.15, 0.2) is 0 Å². The first-order valence-electron chi connectivity index (χ1n) is 22.3. The average Bonchev–Trinajstić information content (AvgIpc) is 4.14. The monoisotopic (exact) mass is 1270 g/mol. The Bertz CT molecular complexity index is 3000. The summed E-state index contributed by atoms with van der Waals surface area (Å²) in [7, 11) is 2.06. The first-order valence-corrected chi connectivity index (χ1v) is 22.3. The van der Waals surface area contributed by atoms with E-state index in [1.54, 1.807) is 9.36 Å². The second kappa shape index (κ2) is 25.3. The Hall–Kier alpha value is -7.38. The minimum absolute atomic E-state index is 0. The fourth-order valence-electron chi connectivity index (χ4n) is 7.75. The number of hydrogen-bond donors (Lipinski definition) is 0. The molecule has 4 heterocycles. The quantitative estimate of drug-likeness (QED) is 0.153. The molecule has 0 radical (unpaired) electrons. The molecule has 2 aliphatic carbocycles. The van der Waals surface area contributed by atoms with Gasteiger partial charge in [0.2, 0.25) is 0 Å². The zero-order valence-electron chi connectivity index (χ0n) is 38.5. The third kappa shape index (κ3) is 12.2. The van der Waals surface area contributed by atoms with Crippen molar-refractivity contribution in [2.75, 3.05) is 21.7 Å². The number of anilines is 4. The van der Waals surface area contributed by atoms with E-state index in [9.17, 15) is 0 Å². The van der Waals surface area contributed by atoms with Gasteiger partial charge in [-0.3, -0.25) is 16.3 Å². The van der Waals surface area contributed by atoms with Crippen LogP contribution in [0.5, 0.6) is 0 Å². The second-order valence-electron chi connectivity index (χ2n) is 15.6. The summed E-state index contributed by atoms with van der Waals surface area (Å²) in [5, 5.41) is 8.11. The van der Waals surface area contributed by atoms with Crippen molar-refractivity contribution in [3.8, 4) is 22.8 Å². The standard InChI is InChI=1S/C21H18N2.C14H10N3.C14H12N2.C9H8N3.2Pt/c1-2-6-12-18(11-5-1)22-17-23(19-13-7-3-8-14-19)21-16-10-4-9-15-20(21)22;1-3-7-12(8-4-1)14-15-11-16-17(14)13-9-5-2-6-10-13;1-15-11-16(12-7-3-2-4-8-12)14-10-6-5-9-13(14)15;1-8-10-7-11-12(8)9-5-3-2-4-6-9;;/h1-3,5,7-11,13-17H,4,12H2;1-10H;2-7,9-11H,1H3;2-6H,1H3;;/q-2;-1;-2;-1;;. The normalized spacial score (nSPS) is 13.9. The van der Waals surface area contributed by atoms with Crippen LogP contribution in [-0.2, 0) is 42.1 Å². The maximum Gasteiger partial charge on any atom is 0.0454 e. The van der Waals surface area contributed by atoms with Gasteiger partial charge >= 0.3 is 0 Å². The average molecular weight is 1280 g/mol. The van der Waals surface area contributed by atoms with E-state index >= 15 is 0 Å². The van der Waals surface area contributed by atoms with Crippen LogP contribution in [0.3, 0.4) is 0 Å². The van der Waals surface area contributed by atoms with Crippen molar-refractivity contribution in [2.45, 2.75) is 19.8 Å². The van der Waals surface area contributed by atoms with Crippen LogP contribution in [0, 0.1) is 45.1 Å². The summed E-state index contributed by atoms with van der Waals surface area (Å²) in [4.78, 5) is 16.9. The number of rotatable bonds is 6. The van der Waals surface area contributed by atoms with E-state index in [-0.39, 0.29) is 42.1 Å². The van der Waals surface area contributed by atoms with Gasteiger partial charge in [-0.15, -0.1) is 18.4 Å². The molecule has 0 N–H and O–H groups in total. The van der Waals surface area contributed by atoms with Crippen molar-refractivity contribution in [3.05, 3.63) is 280 Å². The summed E-state index contributed by atoms with van der Waals surface area (Å²) in [6, 6.07) is 59.9. The van der Waals surface area contributed by atoms with Gasteiger partial charge in [-0.2, -0.15) is 37.0 Å². The van der Waals surface area contributed by atoms with E-state index < -0.39 is 0 Å².